The Morgan fingerprint density at radius 1 is 1.44 bits per heavy atom. The number of hydrogen-bond donors (Lipinski definition) is 4. The number of carbonyl (C=O) groups is 1. The van der Waals surface area contributed by atoms with Gasteiger partial charge in [0.15, 0.2) is 0 Å². The summed E-state index contributed by atoms with van der Waals surface area (Å²) in [5.74, 6) is -1.00. The SMILES string of the molecule is CNCC(O)C(O)c1ccc(Cl)c(CC(=O)O)c1. The first-order valence-electron chi connectivity index (χ1n) is 5.46. The van der Waals surface area contributed by atoms with Crippen LogP contribution in [0.2, 0.25) is 5.02 Å². The van der Waals surface area contributed by atoms with Crippen LogP contribution in [0.3, 0.4) is 0 Å². The van der Waals surface area contributed by atoms with Gasteiger partial charge in [0.1, 0.15) is 6.10 Å². The average molecular weight is 274 g/mol. The number of benzene rings is 1. The van der Waals surface area contributed by atoms with Gasteiger partial charge in [-0.05, 0) is 24.2 Å². The first-order chi connectivity index (χ1) is 8.45. The van der Waals surface area contributed by atoms with Crippen LogP contribution in [0.25, 0.3) is 0 Å². The van der Waals surface area contributed by atoms with Gasteiger partial charge in [-0.1, -0.05) is 23.7 Å². The first-order valence-corrected chi connectivity index (χ1v) is 5.84. The van der Waals surface area contributed by atoms with Crippen molar-refractivity contribution in [3.8, 4) is 0 Å². The Morgan fingerprint density at radius 2 is 2.11 bits per heavy atom. The number of aliphatic carboxylic acids is 1. The molecule has 0 amide bonds. The highest BCUT2D eigenvalue weighted by Gasteiger charge is 2.19. The zero-order chi connectivity index (χ0) is 13.7. The first kappa shape index (κ1) is 14.9. The summed E-state index contributed by atoms with van der Waals surface area (Å²) in [6, 6.07) is 4.59. The van der Waals surface area contributed by atoms with Gasteiger partial charge < -0.3 is 20.6 Å². The average Bonchev–Trinajstić information content (AvgIpc) is 2.31. The van der Waals surface area contributed by atoms with Gasteiger partial charge in [-0.25, -0.2) is 0 Å². The third-order valence-electron chi connectivity index (χ3n) is 2.53. The van der Waals surface area contributed by atoms with Crippen LogP contribution in [0.5, 0.6) is 0 Å². The second-order valence-electron chi connectivity index (χ2n) is 3.99. The molecule has 0 fully saturated rings. The molecule has 2 unspecified atom stereocenters. The summed E-state index contributed by atoms with van der Waals surface area (Å²) >= 11 is 5.87. The van der Waals surface area contributed by atoms with Crippen LogP contribution in [0.15, 0.2) is 18.2 Å². The molecule has 0 saturated carbocycles. The quantitative estimate of drug-likeness (QED) is 0.609. The minimum Gasteiger partial charge on any atom is -0.481 e. The lowest BCUT2D eigenvalue weighted by atomic mass is 10.0. The lowest BCUT2D eigenvalue weighted by Gasteiger charge is -2.18. The molecule has 0 aliphatic heterocycles. The maximum atomic E-state index is 10.7. The topological polar surface area (TPSA) is 89.8 Å². The molecule has 0 heterocycles. The van der Waals surface area contributed by atoms with Crippen molar-refractivity contribution in [2.24, 2.45) is 0 Å². The summed E-state index contributed by atoms with van der Waals surface area (Å²) in [5, 5.41) is 31.4. The van der Waals surface area contributed by atoms with Crippen LogP contribution >= 0.6 is 11.6 Å². The van der Waals surface area contributed by atoms with E-state index in [9.17, 15) is 15.0 Å². The van der Waals surface area contributed by atoms with Gasteiger partial charge in [0.2, 0.25) is 0 Å². The normalized spacial score (nSPS) is 14.2. The summed E-state index contributed by atoms with van der Waals surface area (Å²) in [4.78, 5) is 10.7. The fraction of sp³-hybridized carbons (Fsp3) is 0.417. The van der Waals surface area contributed by atoms with Crippen molar-refractivity contribution >= 4 is 17.6 Å². The minimum atomic E-state index is -1.08. The molecule has 1 aromatic carbocycles. The number of likely N-dealkylation sites (N-methyl/N-ethyl adjacent to an activating group) is 1. The zero-order valence-electron chi connectivity index (χ0n) is 9.93. The summed E-state index contributed by atoms with van der Waals surface area (Å²) in [6.07, 6.45) is -2.27. The molecule has 100 valence electrons. The van der Waals surface area contributed by atoms with E-state index in [4.69, 9.17) is 16.7 Å². The van der Waals surface area contributed by atoms with E-state index in [0.29, 0.717) is 16.1 Å². The highest BCUT2D eigenvalue weighted by molar-refractivity contribution is 6.31. The second-order valence-corrected chi connectivity index (χ2v) is 4.40. The van der Waals surface area contributed by atoms with E-state index in [1.807, 2.05) is 0 Å². The summed E-state index contributed by atoms with van der Waals surface area (Å²) in [5.41, 5.74) is 0.857. The molecule has 0 aliphatic rings. The number of rotatable bonds is 6. The Hall–Kier alpha value is -1.14. The van der Waals surface area contributed by atoms with Gasteiger partial charge in [-0.15, -0.1) is 0 Å². The van der Waals surface area contributed by atoms with Crippen molar-refractivity contribution in [1.29, 1.82) is 0 Å². The third-order valence-corrected chi connectivity index (χ3v) is 2.90. The molecule has 0 aromatic heterocycles. The van der Waals surface area contributed by atoms with Crippen LogP contribution in [0.1, 0.15) is 17.2 Å². The predicted octanol–water partition coefficient (Wildman–Crippen LogP) is 0.581. The number of aliphatic hydroxyl groups is 2. The summed E-state index contributed by atoms with van der Waals surface area (Å²) in [6.45, 7) is 0.234. The van der Waals surface area contributed by atoms with Crippen molar-refractivity contribution in [1.82, 2.24) is 5.32 Å². The van der Waals surface area contributed by atoms with Gasteiger partial charge in [-0.3, -0.25) is 4.79 Å². The molecule has 6 heteroatoms. The van der Waals surface area contributed by atoms with Crippen LogP contribution in [-0.4, -0.2) is 41.0 Å². The van der Waals surface area contributed by atoms with E-state index in [-0.39, 0.29) is 13.0 Å². The molecule has 0 saturated heterocycles. The Labute approximate surface area is 110 Å². The van der Waals surface area contributed by atoms with Crippen molar-refractivity contribution in [2.75, 3.05) is 13.6 Å². The second kappa shape index (κ2) is 6.70. The van der Waals surface area contributed by atoms with E-state index < -0.39 is 18.2 Å². The molecule has 0 bridgehead atoms. The van der Waals surface area contributed by atoms with Crippen molar-refractivity contribution in [2.45, 2.75) is 18.6 Å². The Bertz CT molecular complexity index is 425. The van der Waals surface area contributed by atoms with Gasteiger partial charge in [0.05, 0.1) is 12.5 Å². The van der Waals surface area contributed by atoms with Crippen molar-refractivity contribution in [3.63, 3.8) is 0 Å². The van der Waals surface area contributed by atoms with Gasteiger partial charge in [-0.2, -0.15) is 0 Å². The Balaban J connectivity index is 2.93. The lowest BCUT2D eigenvalue weighted by Crippen LogP contribution is -2.29. The largest absolute Gasteiger partial charge is 0.481 e. The van der Waals surface area contributed by atoms with Crippen molar-refractivity contribution in [3.05, 3.63) is 34.3 Å². The number of nitrogens with one attached hydrogen (secondary N) is 1. The number of carboxylic acid groups (broad SMARTS) is 1. The van der Waals surface area contributed by atoms with E-state index in [2.05, 4.69) is 5.32 Å². The molecule has 0 aliphatic carbocycles. The summed E-state index contributed by atoms with van der Waals surface area (Å²) < 4.78 is 0. The highest BCUT2D eigenvalue weighted by atomic mass is 35.5. The fourth-order valence-corrected chi connectivity index (χ4v) is 1.80. The van der Waals surface area contributed by atoms with E-state index in [1.165, 1.54) is 12.1 Å². The highest BCUT2D eigenvalue weighted by Crippen LogP contribution is 2.24. The van der Waals surface area contributed by atoms with Crippen molar-refractivity contribution < 1.29 is 20.1 Å². The Morgan fingerprint density at radius 3 is 2.67 bits per heavy atom. The maximum absolute atomic E-state index is 10.7. The monoisotopic (exact) mass is 273 g/mol. The molecule has 0 spiro atoms. The molecule has 5 nitrogen and oxygen atoms in total. The Kier molecular flexibility index (Phi) is 5.55. The molecule has 1 aromatic rings. The molecule has 0 radical (unpaired) electrons. The molecular formula is C12H16ClNO4. The van der Waals surface area contributed by atoms with Gasteiger partial charge >= 0.3 is 5.97 Å². The fourth-order valence-electron chi connectivity index (χ4n) is 1.62. The standard InChI is InChI=1S/C12H16ClNO4/c1-14-6-10(15)12(18)7-2-3-9(13)8(4-7)5-11(16)17/h2-4,10,12,14-15,18H,5-6H2,1H3,(H,16,17). The maximum Gasteiger partial charge on any atom is 0.307 e. The van der Waals surface area contributed by atoms with Crippen LogP contribution in [0.4, 0.5) is 0 Å². The van der Waals surface area contributed by atoms with Crippen LogP contribution < -0.4 is 5.32 Å². The number of hydrogen-bond acceptors (Lipinski definition) is 4. The van der Waals surface area contributed by atoms with E-state index in [1.54, 1.807) is 13.1 Å². The molecule has 4 N–H and O–H groups in total. The van der Waals surface area contributed by atoms with E-state index >= 15 is 0 Å². The number of aliphatic hydroxyl groups excluding tert-OH is 2. The summed E-state index contributed by atoms with van der Waals surface area (Å²) in [7, 11) is 1.66. The number of carboxylic acids is 1. The smallest absolute Gasteiger partial charge is 0.307 e. The zero-order valence-corrected chi connectivity index (χ0v) is 10.7. The predicted molar refractivity (Wildman–Crippen MR) is 67.7 cm³/mol. The molecule has 1 rings (SSSR count). The molecular weight excluding hydrogens is 258 g/mol. The minimum absolute atomic E-state index is 0.221. The van der Waals surface area contributed by atoms with Gasteiger partial charge in [0, 0.05) is 11.6 Å². The molecule has 18 heavy (non-hydrogen) atoms. The third kappa shape index (κ3) is 3.96. The number of halogens is 1. The molecule has 2 atom stereocenters. The lowest BCUT2D eigenvalue weighted by molar-refractivity contribution is -0.136. The van der Waals surface area contributed by atoms with E-state index in [0.717, 1.165) is 0 Å². The van der Waals surface area contributed by atoms with Crippen LogP contribution in [0, 0.1) is 0 Å². The van der Waals surface area contributed by atoms with Gasteiger partial charge in [0.25, 0.3) is 0 Å². The van der Waals surface area contributed by atoms with Crippen LogP contribution in [-0.2, 0) is 11.2 Å².